The highest BCUT2D eigenvalue weighted by atomic mass is 16.1. The lowest BCUT2D eigenvalue weighted by Crippen LogP contribution is -2.48. The average Bonchev–Trinajstić information content (AvgIpc) is 2.39. The highest BCUT2D eigenvalue weighted by molar-refractivity contribution is 5.83. The molecule has 0 bridgehead atoms. The molecule has 6 nitrogen and oxygen atoms in total. The number of nitrogens with two attached hydrogens (primary N) is 1. The number of amides is 1. The summed E-state index contributed by atoms with van der Waals surface area (Å²) in [6, 6.07) is 1.56. The van der Waals surface area contributed by atoms with Gasteiger partial charge in [-0.1, -0.05) is 0 Å². The molecule has 17 heavy (non-hydrogen) atoms. The maximum atomic E-state index is 11.4. The Morgan fingerprint density at radius 1 is 1.59 bits per heavy atom. The van der Waals surface area contributed by atoms with Gasteiger partial charge in [-0.25, -0.2) is 4.98 Å². The van der Waals surface area contributed by atoms with Crippen LogP contribution in [0, 0.1) is 0 Å². The van der Waals surface area contributed by atoms with Crippen LogP contribution in [0.25, 0.3) is 0 Å². The molecule has 2 rings (SSSR count). The molecule has 0 saturated carbocycles. The van der Waals surface area contributed by atoms with Gasteiger partial charge in [-0.2, -0.15) is 4.98 Å². The van der Waals surface area contributed by atoms with Gasteiger partial charge in [0.1, 0.15) is 11.9 Å². The predicted octanol–water partition coefficient (Wildman–Crippen LogP) is 0.362. The van der Waals surface area contributed by atoms with Crippen molar-refractivity contribution in [1.82, 2.24) is 9.97 Å². The van der Waals surface area contributed by atoms with Crippen LogP contribution >= 0.6 is 0 Å². The lowest BCUT2D eigenvalue weighted by Gasteiger charge is -2.34. The molecule has 3 N–H and O–H groups in total. The van der Waals surface area contributed by atoms with Crippen molar-refractivity contribution in [3.05, 3.63) is 12.3 Å². The Morgan fingerprint density at radius 3 is 3.12 bits per heavy atom. The van der Waals surface area contributed by atoms with E-state index in [1.54, 1.807) is 13.2 Å². The topological polar surface area (TPSA) is 84.1 Å². The van der Waals surface area contributed by atoms with E-state index in [1.165, 1.54) is 0 Å². The number of piperidine rings is 1. The standard InChI is InChI=1S/C11H17N5O/c1-13-11-14-6-5-9(15-11)16-7-3-2-4-8(16)10(12)17/h5-6,8H,2-4,7H2,1H3,(H2,12,17)(H,13,14,15). The molecule has 0 aliphatic carbocycles. The molecule has 1 amide bonds. The second kappa shape index (κ2) is 4.99. The Labute approximate surface area is 100 Å². The summed E-state index contributed by atoms with van der Waals surface area (Å²) in [6.45, 7) is 0.813. The van der Waals surface area contributed by atoms with Crippen molar-refractivity contribution in [1.29, 1.82) is 0 Å². The molecule has 2 heterocycles. The van der Waals surface area contributed by atoms with Crippen molar-refractivity contribution in [2.45, 2.75) is 25.3 Å². The number of aromatic nitrogens is 2. The summed E-state index contributed by atoms with van der Waals surface area (Å²) in [5.41, 5.74) is 5.43. The summed E-state index contributed by atoms with van der Waals surface area (Å²) < 4.78 is 0. The van der Waals surface area contributed by atoms with Gasteiger partial charge in [0.25, 0.3) is 0 Å². The van der Waals surface area contributed by atoms with Crippen LogP contribution in [0.15, 0.2) is 12.3 Å². The molecule has 1 aromatic rings. The number of carbonyl (C=O) groups is 1. The minimum Gasteiger partial charge on any atom is -0.368 e. The zero-order valence-corrected chi connectivity index (χ0v) is 9.89. The van der Waals surface area contributed by atoms with E-state index < -0.39 is 0 Å². The highest BCUT2D eigenvalue weighted by Gasteiger charge is 2.27. The lowest BCUT2D eigenvalue weighted by molar-refractivity contribution is -0.119. The molecule has 0 aromatic carbocycles. The van der Waals surface area contributed by atoms with Gasteiger partial charge in [0, 0.05) is 19.8 Å². The smallest absolute Gasteiger partial charge is 0.240 e. The van der Waals surface area contributed by atoms with Gasteiger partial charge in [-0.15, -0.1) is 0 Å². The lowest BCUT2D eigenvalue weighted by atomic mass is 10.0. The minimum absolute atomic E-state index is 0.247. The van der Waals surface area contributed by atoms with Gasteiger partial charge in [-0.3, -0.25) is 4.79 Å². The third-order valence-electron chi connectivity index (χ3n) is 2.99. The normalized spacial score (nSPS) is 20.1. The molecule has 1 aliphatic rings. The van der Waals surface area contributed by atoms with E-state index >= 15 is 0 Å². The van der Waals surface area contributed by atoms with Crippen molar-refractivity contribution in [3.63, 3.8) is 0 Å². The number of nitrogens with zero attached hydrogens (tertiary/aromatic N) is 3. The van der Waals surface area contributed by atoms with Crippen LogP contribution in [-0.4, -0.2) is 35.5 Å². The third-order valence-corrected chi connectivity index (χ3v) is 2.99. The maximum Gasteiger partial charge on any atom is 0.240 e. The Morgan fingerprint density at radius 2 is 2.41 bits per heavy atom. The third kappa shape index (κ3) is 2.46. The van der Waals surface area contributed by atoms with Crippen LogP contribution in [0.5, 0.6) is 0 Å². The summed E-state index contributed by atoms with van der Waals surface area (Å²) in [4.78, 5) is 21.8. The van der Waals surface area contributed by atoms with E-state index in [0.717, 1.165) is 31.6 Å². The van der Waals surface area contributed by atoms with Gasteiger partial charge < -0.3 is 16.0 Å². The summed E-state index contributed by atoms with van der Waals surface area (Å²) in [5.74, 6) is 1.03. The molecule has 1 saturated heterocycles. The number of primary amides is 1. The van der Waals surface area contributed by atoms with Gasteiger partial charge in [-0.05, 0) is 25.3 Å². The van der Waals surface area contributed by atoms with Crippen LogP contribution in [-0.2, 0) is 4.79 Å². The number of rotatable bonds is 3. The summed E-state index contributed by atoms with van der Waals surface area (Å²) >= 11 is 0. The molecule has 1 aliphatic heterocycles. The SMILES string of the molecule is CNc1nccc(N2CCCCC2C(N)=O)n1. The van der Waals surface area contributed by atoms with Crippen LogP contribution in [0.4, 0.5) is 11.8 Å². The second-order valence-corrected chi connectivity index (χ2v) is 4.10. The number of nitrogens with one attached hydrogen (secondary N) is 1. The molecule has 1 aromatic heterocycles. The summed E-state index contributed by atoms with van der Waals surface area (Å²) in [5, 5.41) is 2.89. The zero-order chi connectivity index (χ0) is 12.3. The fourth-order valence-electron chi connectivity index (χ4n) is 2.13. The Bertz CT molecular complexity index is 409. The number of hydrogen-bond acceptors (Lipinski definition) is 5. The van der Waals surface area contributed by atoms with Crippen molar-refractivity contribution >= 4 is 17.7 Å². The molecule has 0 radical (unpaired) electrons. The quantitative estimate of drug-likeness (QED) is 0.790. The fourth-order valence-corrected chi connectivity index (χ4v) is 2.13. The number of anilines is 2. The first kappa shape index (κ1) is 11.6. The first-order valence-electron chi connectivity index (χ1n) is 5.79. The van der Waals surface area contributed by atoms with E-state index in [0.29, 0.717) is 5.95 Å². The van der Waals surface area contributed by atoms with Crippen molar-refractivity contribution in [2.24, 2.45) is 5.73 Å². The van der Waals surface area contributed by atoms with E-state index in [-0.39, 0.29) is 11.9 Å². The molecule has 1 unspecified atom stereocenters. The van der Waals surface area contributed by atoms with E-state index in [2.05, 4.69) is 15.3 Å². The van der Waals surface area contributed by atoms with Gasteiger partial charge in [0.05, 0.1) is 0 Å². The monoisotopic (exact) mass is 235 g/mol. The Balaban J connectivity index is 2.26. The average molecular weight is 235 g/mol. The Kier molecular flexibility index (Phi) is 3.41. The van der Waals surface area contributed by atoms with E-state index in [4.69, 9.17) is 5.73 Å². The highest BCUT2D eigenvalue weighted by Crippen LogP contribution is 2.23. The summed E-state index contributed by atoms with van der Waals surface area (Å²) in [6.07, 6.45) is 4.58. The maximum absolute atomic E-state index is 11.4. The molecule has 1 fully saturated rings. The fraction of sp³-hybridized carbons (Fsp3) is 0.545. The van der Waals surface area contributed by atoms with E-state index in [1.807, 2.05) is 11.0 Å². The summed E-state index contributed by atoms with van der Waals surface area (Å²) in [7, 11) is 1.76. The van der Waals surface area contributed by atoms with E-state index in [9.17, 15) is 4.79 Å². The molecule has 6 heteroatoms. The first-order valence-corrected chi connectivity index (χ1v) is 5.79. The number of hydrogen-bond donors (Lipinski definition) is 2. The van der Waals surface area contributed by atoms with Gasteiger partial charge >= 0.3 is 0 Å². The predicted molar refractivity (Wildman–Crippen MR) is 65.8 cm³/mol. The van der Waals surface area contributed by atoms with Gasteiger partial charge in [0.15, 0.2) is 0 Å². The minimum atomic E-state index is -0.283. The molecule has 92 valence electrons. The van der Waals surface area contributed by atoms with Crippen LogP contribution in [0.1, 0.15) is 19.3 Å². The van der Waals surface area contributed by atoms with Crippen molar-refractivity contribution < 1.29 is 4.79 Å². The molecule has 1 atom stereocenters. The van der Waals surface area contributed by atoms with Gasteiger partial charge in [0.2, 0.25) is 11.9 Å². The van der Waals surface area contributed by atoms with Crippen LogP contribution in [0.3, 0.4) is 0 Å². The van der Waals surface area contributed by atoms with Crippen LogP contribution in [0.2, 0.25) is 0 Å². The number of carbonyl (C=O) groups excluding carboxylic acids is 1. The van der Waals surface area contributed by atoms with Crippen molar-refractivity contribution in [3.8, 4) is 0 Å². The zero-order valence-electron chi connectivity index (χ0n) is 9.89. The van der Waals surface area contributed by atoms with Crippen molar-refractivity contribution in [2.75, 3.05) is 23.8 Å². The van der Waals surface area contributed by atoms with Crippen LogP contribution < -0.4 is 16.0 Å². The molecular weight excluding hydrogens is 218 g/mol. The first-order chi connectivity index (χ1) is 8.22. The molecule has 0 spiro atoms. The Hall–Kier alpha value is -1.85. The largest absolute Gasteiger partial charge is 0.368 e. The second-order valence-electron chi connectivity index (χ2n) is 4.10. The molecular formula is C11H17N5O.